The number of nitrogens with one attached hydrogen (secondary N) is 1. The molecule has 2 aromatic heterocycles. The van der Waals surface area contributed by atoms with Gasteiger partial charge in [-0.05, 0) is 19.4 Å². The Balaban J connectivity index is 1.91. The van der Waals surface area contributed by atoms with Crippen molar-refractivity contribution in [3.8, 4) is 11.4 Å². The van der Waals surface area contributed by atoms with Gasteiger partial charge in [0.05, 0.1) is 11.3 Å². The van der Waals surface area contributed by atoms with Crippen LogP contribution in [0.25, 0.3) is 11.4 Å². The van der Waals surface area contributed by atoms with Crippen LogP contribution >= 0.6 is 0 Å². The summed E-state index contributed by atoms with van der Waals surface area (Å²) in [5, 5.41) is 0. The highest BCUT2D eigenvalue weighted by Gasteiger charge is 2.20. The van der Waals surface area contributed by atoms with Gasteiger partial charge in [0.1, 0.15) is 12.2 Å². The minimum Gasteiger partial charge on any atom is -0.306 e. The van der Waals surface area contributed by atoms with Gasteiger partial charge in [-0.15, -0.1) is 0 Å². The van der Waals surface area contributed by atoms with Gasteiger partial charge in [0, 0.05) is 31.0 Å². The lowest BCUT2D eigenvalue weighted by molar-refractivity contribution is 0.245. The predicted molar refractivity (Wildman–Crippen MR) is 79.8 cm³/mol. The molecule has 0 saturated carbocycles. The minimum absolute atomic E-state index is 0.0333. The van der Waals surface area contributed by atoms with Crippen molar-refractivity contribution in [1.29, 1.82) is 0 Å². The monoisotopic (exact) mass is 285 g/mol. The SMILES string of the molecule is CCCCN1CCc2c(nc(-c3cncnc3)[nH]c2=O)C1. The van der Waals surface area contributed by atoms with Crippen LogP contribution in [0.2, 0.25) is 0 Å². The fraction of sp³-hybridized carbons (Fsp3) is 0.467. The van der Waals surface area contributed by atoms with Crippen molar-refractivity contribution < 1.29 is 0 Å². The Hall–Kier alpha value is -2.08. The first-order chi connectivity index (χ1) is 10.3. The van der Waals surface area contributed by atoms with Gasteiger partial charge < -0.3 is 4.98 Å². The number of hydrogen-bond acceptors (Lipinski definition) is 5. The lowest BCUT2D eigenvalue weighted by Gasteiger charge is -2.27. The molecule has 6 heteroatoms. The molecule has 0 amide bonds. The number of H-pyrrole nitrogens is 1. The summed E-state index contributed by atoms with van der Waals surface area (Å²) in [6, 6.07) is 0. The molecule has 0 atom stereocenters. The summed E-state index contributed by atoms with van der Waals surface area (Å²) in [6.07, 6.45) is 7.92. The predicted octanol–water partition coefficient (Wildman–Crippen LogP) is 1.39. The molecule has 1 N–H and O–H groups in total. The van der Waals surface area contributed by atoms with E-state index < -0.39 is 0 Å². The van der Waals surface area contributed by atoms with Gasteiger partial charge in [-0.1, -0.05) is 13.3 Å². The molecule has 3 heterocycles. The molecular weight excluding hydrogens is 266 g/mol. The second-order valence-corrected chi connectivity index (χ2v) is 5.35. The van der Waals surface area contributed by atoms with Gasteiger partial charge in [0.15, 0.2) is 0 Å². The molecule has 0 saturated heterocycles. The number of aromatic nitrogens is 4. The van der Waals surface area contributed by atoms with Crippen LogP contribution in [0, 0.1) is 0 Å². The maximum atomic E-state index is 12.2. The standard InChI is InChI=1S/C15H19N5O/c1-2-3-5-20-6-4-12-13(9-20)18-14(19-15(12)21)11-7-16-10-17-8-11/h7-8,10H,2-6,9H2,1H3,(H,18,19,21). The maximum Gasteiger partial charge on any atom is 0.254 e. The summed E-state index contributed by atoms with van der Waals surface area (Å²) >= 11 is 0. The van der Waals surface area contributed by atoms with E-state index in [9.17, 15) is 4.79 Å². The Bertz CT molecular complexity index is 668. The largest absolute Gasteiger partial charge is 0.306 e. The second kappa shape index (κ2) is 6.13. The van der Waals surface area contributed by atoms with Crippen molar-refractivity contribution in [1.82, 2.24) is 24.8 Å². The molecular formula is C15H19N5O. The second-order valence-electron chi connectivity index (χ2n) is 5.35. The first-order valence-corrected chi connectivity index (χ1v) is 7.37. The fourth-order valence-corrected chi connectivity index (χ4v) is 2.62. The van der Waals surface area contributed by atoms with Gasteiger partial charge in [-0.2, -0.15) is 0 Å². The van der Waals surface area contributed by atoms with E-state index in [1.54, 1.807) is 12.4 Å². The van der Waals surface area contributed by atoms with Crippen molar-refractivity contribution in [2.75, 3.05) is 13.1 Å². The first kappa shape index (κ1) is 13.9. The Morgan fingerprint density at radius 2 is 2.14 bits per heavy atom. The lowest BCUT2D eigenvalue weighted by Crippen LogP contribution is -2.35. The topological polar surface area (TPSA) is 74.8 Å². The molecule has 0 aliphatic carbocycles. The van der Waals surface area contributed by atoms with Gasteiger partial charge in [0.2, 0.25) is 0 Å². The number of fused-ring (bicyclic) bond motifs is 1. The Kier molecular flexibility index (Phi) is 4.06. The molecule has 110 valence electrons. The third kappa shape index (κ3) is 3.00. The maximum absolute atomic E-state index is 12.2. The van der Waals surface area contributed by atoms with E-state index in [1.165, 1.54) is 19.2 Å². The molecule has 0 unspecified atom stereocenters. The molecule has 1 aliphatic heterocycles. The molecule has 0 fully saturated rings. The Morgan fingerprint density at radius 1 is 1.33 bits per heavy atom. The third-order valence-electron chi connectivity index (χ3n) is 3.81. The van der Waals surface area contributed by atoms with E-state index in [-0.39, 0.29) is 5.56 Å². The van der Waals surface area contributed by atoms with Gasteiger partial charge in [0.25, 0.3) is 5.56 Å². The fourth-order valence-electron chi connectivity index (χ4n) is 2.62. The summed E-state index contributed by atoms with van der Waals surface area (Å²) < 4.78 is 0. The summed E-state index contributed by atoms with van der Waals surface area (Å²) in [7, 11) is 0. The quantitative estimate of drug-likeness (QED) is 0.918. The van der Waals surface area contributed by atoms with Gasteiger partial charge in [-0.3, -0.25) is 9.69 Å². The average molecular weight is 285 g/mol. The highest BCUT2D eigenvalue weighted by molar-refractivity contribution is 5.52. The highest BCUT2D eigenvalue weighted by Crippen LogP contribution is 2.17. The van der Waals surface area contributed by atoms with Gasteiger partial charge >= 0.3 is 0 Å². The van der Waals surface area contributed by atoms with E-state index >= 15 is 0 Å². The van der Waals surface area contributed by atoms with Crippen LogP contribution in [0.5, 0.6) is 0 Å². The number of unbranched alkanes of at least 4 members (excludes halogenated alkanes) is 1. The van der Waals surface area contributed by atoms with Crippen molar-refractivity contribution >= 4 is 0 Å². The first-order valence-electron chi connectivity index (χ1n) is 7.37. The molecule has 0 aromatic carbocycles. The number of aromatic amines is 1. The molecule has 0 spiro atoms. The molecule has 3 rings (SSSR count). The van der Waals surface area contributed by atoms with E-state index in [2.05, 4.69) is 31.8 Å². The lowest BCUT2D eigenvalue weighted by atomic mass is 10.1. The minimum atomic E-state index is -0.0333. The number of rotatable bonds is 4. The van der Waals surface area contributed by atoms with Crippen molar-refractivity contribution in [2.24, 2.45) is 0 Å². The summed E-state index contributed by atoms with van der Waals surface area (Å²) in [5.74, 6) is 0.552. The van der Waals surface area contributed by atoms with Crippen molar-refractivity contribution in [3.63, 3.8) is 0 Å². The van der Waals surface area contributed by atoms with Gasteiger partial charge in [-0.25, -0.2) is 15.0 Å². The Labute approximate surface area is 123 Å². The Morgan fingerprint density at radius 3 is 2.90 bits per heavy atom. The molecule has 1 aliphatic rings. The molecule has 2 aromatic rings. The summed E-state index contributed by atoms with van der Waals surface area (Å²) in [4.78, 5) is 30.0. The summed E-state index contributed by atoms with van der Waals surface area (Å²) in [6.45, 7) is 4.94. The van der Waals surface area contributed by atoms with Crippen LogP contribution in [0.15, 0.2) is 23.5 Å². The van der Waals surface area contributed by atoms with Crippen LogP contribution in [0.4, 0.5) is 0 Å². The van der Waals surface area contributed by atoms with Crippen molar-refractivity contribution in [3.05, 3.63) is 40.3 Å². The van der Waals surface area contributed by atoms with E-state index in [1.807, 2.05) is 0 Å². The normalized spacial score (nSPS) is 14.9. The van der Waals surface area contributed by atoms with Crippen LogP contribution in [-0.4, -0.2) is 37.9 Å². The van der Waals surface area contributed by atoms with E-state index in [4.69, 9.17) is 0 Å². The molecule has 21 heavy (non-hydrogen) atoms. The van der Waals surface area contributed by atoms with Crippen LogP contribution in [-0.2, 0) is 13.0 Å². The summed E-state index contributed by atoms with van der Waals surface area (Å²) in [5.41, 5.74) is 2.42. The molecule has 0 radical (unpaired) electrons. The third-order valence-corrected chi connectivity index (χ3v) is 3.81. The smallest absolute Gasteiger partial charge is 0.254 e. The molecule has 6 nitrogen and oxygen atoms in total. The molecule has 0 bridgehead atoms. The average Bonchev–Trinajstić information content (AvgIpc) is 2.53. The van der Waals surface area contributed by atoms with Crippen molar-refractivity contribution in [2.45, 2.75) is 32.7 Å². The zero-order valence-electron chi connectivity index (χ0n) is 12.2. The van der Waals surface area contributed by atoms with E-state index in [0.717, 1.165) is 42.9 Å². The highest BCUT2D eigenvalue weighted by atomic mass is 16.1. The zero-order chi connectivity index (χ0) is 14.7. The zero-order valence-corrected chi connectivity index (χ0v) is 12.2. The van der Waals surface area contributed by atoms with E-state index in [0.29, 0.717) is 5.82 Å². The van der Waals surface area contributed by atoms with Crippen LogP contribution in [0.3, 0.4) is 0 Å². The van der Waals surface area contributed by atoms with Crippen LogP contribution < -0.4 is 5.56 Å². The number of hydrogen-bond donors (Lipinski definition) is 1. The number of nitrogens with zero attached hydrogens (tertiary/aromatic N) is 4. The van der Waals surface area contributed by atoms with Crippen LogP contribution in [0.1, 0.15) is 31.0 Å².